The van der Waals surface area contributed by atoms with Gasteiger partial charge in [0, 0.05) is 25.7 Å². The summed E-state index contributed by atoms with van der Waals surface area (Å²) >= 11 is 5.11. The van der Waals surface area contributed by atoms with Crippen molar-refractivity contribution >= 4 is 22.7 Å². The lowest BCUT2D eigenvalue weighted by atomic mass is 10.3. The van der Waals surface area contributed by atoms with Crippen molar-refractivity contribution in [3.05, 3.63) is 24.3 Å². The van der Waals surface area contributed by atoms with Crippen molar-refractivity contribution in [1.82, 2.24) is 0 Å². The quantitative estimate of drug-likeness (QED) is 0.686. The molecule has 0 spiro atoms. The highest BCUT2D eigenvalue weighted by Gasteiger charge is 2.07. The third-order valence-electron chi connectivity index (χ3n) is 1.54. The molecule has 0 fully saturated rings. The van der Waals surface area contributed by atoms with E-state index in [4.69, 9.17) is 16.3 Å². The maximum Gasteiger partial charge on any atom is 0.409 e. The molecule has 4 heteroatoms. The first-order valence-corrected chi connectivity index (χ1v) is 4.12. The molecule has 0 atom stereocenters. The van der Waals surface area contributed by atoms with Gasteiger partial charge in [0.2, 0.25) is 0 Å². The molecule has 0 aliphatic carbocycles. The molecule has 0 saturated heterocycles. The Morgan fingerprint density at radius 2 is 2.00 bits per heavy atom. The molecule has 0 aliphatic heterocycles. The van der Waals surface area contributed by atoms with E-state index in [2.05, 4.69) is 0 Å². The molecule has 70 valence electrons. The Morgan fingerprint density at radius 1 is 1.38 bits per heavy atom. The van der Waals surface area contributed by atoms with E-state index in [1.165, 1.54) is 0 Å². The van der Waals surface area contributed by atoms with Crippen molar-refractivity contribution in [1.29, 1.82) is 0 Å². The van der Waals surface area contributed by atoms with E-state index in [1.54, 1.807) is 12.1 Å². The molecule has 1 aromatic carbocycles. The fourth-order valence-electron chi connectivity index (χ4n) is 0.999. The number of carbonyl (C=O) groups excluding carboxylic acids is 1. The van der Waals surface area contributed by atoms with E-state index < -0.39 is 5.43 Å². The van der Waals surface area contributed by atoms with Gasteiger partial charge in [0.05, 0.1) is 5.69 Å². The number of carbonyl (C=O) groups is 1. The van der Waals surface area contributed by atoms with Crippen LogP contribution in [-0.4, -0.2) is 19.5 Å². The minimum Gasteiger partial charge on any atom is -0.412 e. The molecule has 0 saturated carbocycles. The molecule has 0 bridgehead atoms. The predicted octanol–water partition coefficient (Wildman–Crippen LogP) is 2.49. The van der Waals surface area contributed by atoms with E-state index in [0.717, 1.165) is 5.69 Å². The number of halogens is 1. The second kappa shape index (κ2) is 4.14. The van der Waals surface area contributed by atoms with E-state index in [9.17, 15) is 4.79 Å². The maximum atomic E-state index is 10.5. The maximum absolute atomic E-state index is 10.5. The topological polar surface area (TPSA) is 29.5 Å². The number of para-hydroxylation sites is 2. The van der Waals surface area contributed by atoms with Crippen LogP contribution in [0, 0.1) is 0 Å². The third-order valence-corrected chi connectivity index (χ3v) is 1.61. The van der Waals surface area contributed by atoms with Crippen LogP contribution >= 0.6 is 11.6 Å². The van der Waals surface area contributed by atoms with Crippen LogP contribution < -0.4 is 9.64 Å². The molecule has 0 unspecified atom stereocenters. The standard InChI is InChI=1S/C9H10ClNO2/c1-11(2)7-5-3-4-6-8(7)13-9(10)12/h3-6H,1-2H3. The van der Waals surface area contributed by atoms with Crippen LogP contribution in [0.4, 0.5) is 10.5 Å². The van der Waals surface area contributed by atoms with Crippen LogP contribution in [0.25, 0.3) is 0 Å². The van der Waals surface area contributed by atoms with Gasteiger partial charge in [-0.15, -0.1) is 0 Å². The van der Waals surface area contributed by atoms with Gasteiger partial charge in [0.25, 0.3) is 0 Å². The fourth-order valence-corrected chi connectivity index (χ4v) is 1.08. The Morgan fingerprint density at radius 3 is 2.54 bits per heavy atom. The SMILES string of the molecule is CN(C)c1ccccc1OC(=O)Cl. The highest BCUT2D eigenvalue weighted by atomic mass is 35.5. The van der Waals surface area contributed by atoms with E-state index in [-0.39, 0.29) is 0 Å². The van der Waals surface area contributed by atoms with Crippen LogP contribution in [0.3, 0.4) is 0 Å². The van der Waals surface area contributed by atoms with Gasteiger partial charge in [-0.3, -0.25) is 0 Å². The first-order valence-electron chi connectivity index (χ1n) is 3.75. The molecule has 0 aromatic heterocycles. The molecule has 0 aliphatic rings. The van der Waals surface area contributed by atoms with Crippen molar-refractivity contribution in [3.8, 4) is 5.75 Å². The number of rotatable bonds is 2. The summed E-state index contributed by atoms with van der Waals surface area (Å²) in [7, 11) is 3.72. The van der Waals surface area contributed by atoms with Crippen molar-refractivity contribution in [2.45, 2.75) is 0 Å². The largest absolute Gasteiger partial charge is 0.412 e. The molecule has 1 aromatic rings. The smallest absolute Gasteiger partial charge is 0.409 e. The molecule has 1 rings (SSSR count). The molecule has 0 radical (unpaired) electrons. The van der Waals surface area contributed by atoms with Gasteiger partial charge in [-0.1, -0.05) is 12.1 Å². The van der Waals surface area contributed by atoms with Gasteiger partial charge in [-0.2, -0.15) is 0 Å². The molecule has 0 N–H and O–H groups in total. The average molecular weight is 200 g/mol. The second-order valence-corrected chi connectivity index (χ2v) is 3.01. The molecule has 13 heavy (non-hydrogen) atoms. The zero-order valence-corrected chi connectivity index (χ0v) is 8.21. The normalized spacial score (nSPS) is 9.46. The molecule has 0 heterocycles. The number of hydrogen-bond donors (Lipinski definition) is 0. The molecule has 3 nitrogen and oxygen atoms in total. The number of nitrogens with zero attached hydrogens (tertiary/aromatic N) is 1. The van der Waals surface area contributed by atoms with E-state index in [0.29, 0.717) is 5.75 Å². The van der Waals surface area contributed by atoms with Crippen LogP contribution in [0.15, 0.2) is 24.3 Å². The number of anilines is 1. The Hall–Kier alpha value is -1.22. The average Bonchev–Trinajstić information content (AvgIpc) is 2.03. The summed E-state index contributed by atoms with van der Waals surface area (Å²) in [5.41, 5.74) is -0.00852. The second-order valence-electron chi connectivity index (χ2n) is 2.70. The Kier molecular flexibility index (Phi) is 3.14. The van der Waals surface area contributed by atoms with Gasteiger partial charge >= 0.3 is 5.43 Å². The third kappa shape index (κ3) is 2.63. The molecule has 0 amide bonds. The number of hydrogen-bond acceptors (Lipinski definition) is 3. The lowest BCUT2D eigenvalue weighted by molar-refractivity contribution is 0.226. The zero-order chi connectivity index (χ0) is 9.84. The van der Waals surface area contributed by atoms with Crippen LogP contribution in [-0.2, 0) is 0 Å². The first-order chi connectivity index (χ1) is 6.11. The zero-order valence-electron chi connectivity index (χ0n) is 7.45. The number of ether oxygens (including phenoxy) is 1. The number of benzene rings is 1. The van der Waals surface area contributed by atoms with E-state index in [1.807, 2.05) is 31.1 Å². The summed E-state index contributed by atoms with van der Waals surface area (Å²) in [4.78, 5) is 12.4. The summed E-state index contributed by atoms with van der Waals surface area (Å²) in [6, 6.07) is 7.17. The Bertz CT molecular complexity index is 312. The van der Waals surface area contributed by atoms with Crippen LogP contribution in [0.2, 0.25) is 0 Å². The summed E-state index contributed by atoms with van der Waals surface area (Å²) in [5.74, 6) is 0.465. The van der Waals surface area contributed by atoms with Gasteiger partial charge in [-0.25, -0.2) is 4.79 Å². The first kappa shape index (κ1) is 9.86. The predicted molar refractivity (Wildman–Crippen MR) is 52.6 cm³/mol. The minimum atomic E-state index is -0.825. The highest BCUT2D eigenvalue weighted by molar-refractivity contribution is 6.61. The minimum absolute atomic E-state index is 0.465. The van der Waals surface area contributed by atoms with Crippen LogP contribution in [0.1, 0.15) is 0 Å². The summed E-state index contributed by atoms with van der Waals surface area (Å²) in [5, 5.41) is 0. The van der Waals surface area contributed by atoms with Crippen molar-refractivity contribution < 1.29 is 9.53 Å². The van der Waals surface area contributed by atoms with Crippen molar-refractivity contribution in [2.24, 2.45) is 0 Å². The highest BCUT2D eigenvalue weighted by Crippen LogP contribution is 2.26. The van der Waals surface area contributed by atoms with Gasteiger partial charge in [-0.05, 0) is 12.1 Å². The molecular formula is C9H10ClNO2. The van der Waals surface area contributed by atoms with Crippen molar-refractivity contribution in [3.63, 3.8) is 0 Å². The summed E-state index contributed by atoms with van der Waals surface area (Å²) in [6.45, 7) is 0. The van der Waals surface area contributed by atoms with Crippen molar-refractivity contribution in [2.75, 3.05) is 19.0 Å². The van der Waals surface area contributed by atoms with Gasteiger partial charge < -0.3 is 9.64 Å². The van der Waals surface area contributed by atoms with Crippen LogP contribution in [0.5, 0.6) is 5.75 Å². The Labute approximate surface area is 81.9 Å². The monoisotopic (exact) mass is 199 g/mol. The lowest BCUT2D eigenvalue weighted by Crippen LogP contribution is -2.11. The Balaban J connectivity index is 2.97. The lowest BCUT2D eigenvalue weighted by Gasteiger charge is -2.15. The summed E-state index contributed by atoms with van der Waals surface area (Å²) in [6.07, 6.45) is 0. The molecular weight excluding hydrogens is 190 g/mol. The summed E-state index contributed by atoms with van der Waals surface area (Å²) < 4.78 is 4.79. The van der Waals surface area contributed by atoms with E-state index >= 15 is 0 Å². The van der Waals surface area contributed by atoms with Gasteiger partial charge in [0.15, 0.2) is 5.75 Å². The fraction of sp³-hybridized carbons (Fsp3) is 0.222. The van der Waals surface area contributed by atoms with Gasteiger partial charge in [0.1, 0.15) is 0 Å².